The zero-order chi connectivity index (χ0) is 15.8. The number of benzene rings is 1. The lowest BCUT2D eigenvalue weighted by Gasteiger charge is -2.24. The summed E-state index contributed by atoms with van der Waals surface area (Å²) in [6.45, 7) is 5.22. The predicted octanol–water partition coefficient (Wildman–Crippen LogP) is 2.24. The van der Waals surface area contributed by atoms with Crippen molar-refractivity contribution in [1.29, 1.82) is 0 Å². The molecule has 8 heteroatoms. The van der Waals surface area contributed by atoms with E-state index in [1.54, 1.807) is 4.57 Å². The number of hydrogen-bond acceptors (Lipinski definition) is 5. The summed E-state index contributed by atoms with van der Waals surface area (Å²) in [6, 6.07) is 3.26. The molecule has 0 spiro atoms. The quantitative estimate of drug-likeness (QED) is 0.692. The van der Waals surface area contributed by atoms with E-state index in [2.05, 4.69) is 10.2 Å². The monoisotopic (exact) mass is 294 g/mol. The molecule has 0 unspecified atom stereocenters. The molecule has 21 heavy (non-hydrogen) atoms. The molecule has 0 bridgehead atoms. The van der Waals surface area contributed by atoms with Crippen LogP contribution in [0.5, 0.6) is 0 Å². The maximum Gasteiger partial charge on any atom is 0.283 e. The SMILES string of the molecule is CC(C)(C)n1c(CO)nnc1-c1ccc(F)cc1[N+](=O)[O-]. The Labute approximate surface area is 120 Å². The minimum atomic E-state index is -0.699. The maximum absolute atomic E-state index is 13.2. The number of aromatic nitrogens is 3. The Morgan fingerprint density at radius 2 is 2.05 bits per heavy atom. The van der Waals surface area contributed by atoms with Gasteiger partial charge in [0, 0.05) is 5.54 Å². The van der Waals surface area contributed by atoms with E-state index >= 15 is 0 Å². The highest BCUT2D eigenvalue weighted by atomic mass is 19.1. The van der Waals surface area contributed by atoms with Crippen molar-refractivity contribution in [2.24, 2.45) is 0 Å². The standard InChI is InChI=1S/C13H15FN4O3/c1-13(2,3)17-11(7-19)15-16-12(17)9-5-4-8(14)6-10(9)18(20)21/h4-6,19H,7H2,1-3H3. The zero-order valence-corrected chi connectivity index (χ0v) is 11.9. The Hall–Kier alpha value is -2.35. The number of hydrogen-bond donors (Lipinski definition) is 1. The highest BCUT2D eigenvalue weighted by Crippen LogP contribution is 2.32. The van der Waals surface area contributed by atoms with Gasteiger partial charge in [0.15, 0.2) is 11.6 Å². The number of rotatable bonds is 3. The van der Waals surface area contributed by atoms with Crippen LogP contribution in [0, 0.1) is 15.9 Å². The van der Waals surface area contributed by atoms with Crippen molar-refractivity contribution in [2.45, 2.75) is 32.9 Å². The molecule has 1 aromatic heterocycles. The Kier molecular flexibility index (Phi) is 3.73. The van der Waals surface area contributed by atoms with Crippen LogP contribution in [-0.4, -0.2) is 24.8 Å². The van der Waals surface area contributed by atoms with Crippen molar-refractivity contribution >= 4 is 5.69 Å². The lowest BCUT2D eigenvalue weighted by molar-refractivity contribution is -0.384. The molecular formula is C13H15FN4O3. The lowest BCUT2D eigenvalue weighted by Crippen LogP contribution is -2.25. The molecular weight excluding hydrogens is 279 g/mol. The first-order valence-corrected chi connectivity index (χ1v) is 6.25. The molecule has 0 radical (unpaired) electrons. The van der Waals surface area contributed by atoms with E-state index in [1.165, 1.54) is 6.07 Å². The molecule has 0 aliphatic rings. The topological polar surface area (TPSA) is 94.1 Å². The summed E-state index contributed by atoms with van der Waals surface area (Å²) in [4.78, 5) is 10.4. The van der Waals surface area contributed by atoms with Gasteiger partial charge < -0.3 is 9.67 Å². The largest absolute Gasteiger partial charge is 0.388 e. The number of nitrogens with zero attached hydrogens (tertiary/aromatic N) is 4. The van der Waals surface area contributed by atoms with Crippen LogP contribution in [0.4, 0.5) is 10.1 Å². The summed E-state index contributed by atoms with van der Waals surface area (Å²) in [5.74, 6) is -0.191. The summed E-state index contributed by atoms with van der Waals surface area (Å²) < 4.78 is 14.8. The van der Waals surface area contributed by atoms with Crippen molar-refractivity contribution in [3.8, 4) is 11.4 Å². The smallest absolute Gasteiger partial charge is 0.283 e. The fraction of sp³-hybridized carbons (Fsp3) is 0.385. The number of aliphatic hydroxyl groups is 1. The van der Waals surface area contributed by atoms with Gasteiger partial charge in [0.25, 0.3) is 5.69 Å². The summed E-state index contributed by atoms with van der Waals surface area (Å²) in [6.07, 6.45) is 0. The molecule has 1 aromatic carbocycles. The first-order chi connectivity index (χ1) is 9.75. The van der Waals surface area contributed by atoms with Crippen LogP contribution >= 0.6 is 0 Å². The summed E-state index contributed by atoms with van der Waals surface area (Å²) in [5.41, 5.74) is -0.736. The third-order valence-electron chi connectivity index (χ3n) is 2.94. The normalized spacial score (nSPS) is 11.7. The predicted molar refractivity (Wildman–Crippen MR) is 73.0 cm³/mol. The van der Waals surface area contributed by atoms with Gasteiger partial charge in [0.05, 0.1) is 16.6 Å². The van der Waals surface area contributed by atoms with E-state index in [9.17, 15) is 19.6 Å². The van der Waals surface area contributed by atoms with Gasteiger partial charge in [0.2, 0.25) is 0 Å². The lowest BCUT2D eigenvalue weighted by atomic mass is 10.1. The summed E-state index contributed by atoms with van der Waals surface area (Å²) >= 11 is 0. The fourth-order valence-corrected chi connectivity index (χ4v) is 2.14. The van der Waals surface area contributed by atoms with Gasteiger partial charge in [-0.3, -0.25) is 10.1 Å². The highest BCUT2D eigenvalue weighted by Gasteiger charge is 2.28. The molecule has 1 N–H and O–H groups in total. The molecule has 112 valence electrons. The second-order valence-corrected chi connectivity index (χ2v) is 5.52. The van der Waals surface area contributed by atoms with Crippen molar-refractivity contribution in [2.75, 3.05) is 0 Å². The van der Waals surface area contributed by atoms with Gasteiger partial charge in [-0.15, -0.1) is 10.2 Å². The van der Waals surface area contributed by atoms with Crippen LogP contribution in [0.25, 0.3) is 11.4 Å². The Bertz CT molecular complexity index is 691. The van der Waals surface area contributed by atoms with Crippen LogP contribution in [0.2, 0.25) is 0 Å². The Morgan fingerprint density at radius 3 is 2.57 bits per heavy atom. The van der Waals surface area contributed by atoms with Gasteiger partial charge in [-0.05, 0) is 32.9 Å². The molecule has 2 rings (SSSR count). The molecule has 0 fully saturated rings. The van der Waals surface area contributed by atoms with E-state index in [0.29, 0.717) is 0 Å². The van der Waals surface area contributed by atoms with E-state index < -0.39 is 22.0 Å². The first-order valence-electron chi connectivity index (χ1n) is 6.25. The number of halogens is 1. The molecule has 7 nitrogen and oxygen atoms in total. The number of nitro benzene ring substituents is 1. The van der Waals surface area contributed by atoms with Gasteiger partial charge in [-0.1, -0.05) is 0 Å². The molecule has 1 heterocycles. The van der Waals surface area contributed by atoms with Crippen molar-refractivity contribution < 1.29 is 14.4 Å². The minimum absolute atomic E-state index is 0.156. The number of aliphatic hydroxyl groups excluding tert-OH is 1. The Balaban J connectivity index is 2.74. The van der Waals surface area contributed by atoms with E-state index in [-0.39, 0.29) is 23.8 Å². The second kappa shape index (κ2) is 5.21. The third-order valence-corrected chi connectivity index (χ3v) is 2.94. The summed E-state index contributed by atoms with van der Waals surface area (Å²) in [7, 11) is 0. The molecule has 2 aromatic rings. The second-order valence-electron chi connectivity index (χ2n) is 5.52. The van der Waals surface area contributed by atoms with Gasteiger partial charge in [-0.25, -0.2) is 4.39 Å². The van der Waals surface area contributed by atoms with Crippen molar-refractivity contribution in [1.82, 2.24) is 14.8 Å². The maximum atomic E-state index is 13.2. The van der Waals surface area contributed by atoms with E-state index in [4.69, 9.17) is 0 Å². The molecule has 0 aliphatic heterocycles. The van der Waals surface area contributed by atoms with Gasteiger partial charge in [0.1, 0.15) is 12.4 Å². The molecule has 0 amide bonds. The van der Waals surface area contributed by atoms with Crippen LogP contribution in [0.3, 0.4) is 0 Å². The third kappa shape index (κ3) is 2.75. The first kappa shape index (κ1) is 15.0. The van der Waals surface area contributed by atoms with Crippen LogP contribution < -0.4 is 0 Å². The minimum Gasteiger partial charge on any atom is -0.388 e. The van der Waals surface area contributed by atoms with Gasteiger partial charge >= 0.3 is 0 Å². The molecule has 0 aliphatic carbocycles. The van der Waals surface area contributed by atoms with Crippen molar-refractivity contribution in [3.63, 3.8) is 0 Å². The van der Waals surface area contributed by atoms with Crippen LogP contribution in [0.1, 0.15) is 26.6 Å². The fourth-order valence-electron chi connectivity index (χ4n) is 2.14. The van der Waals surface area contributed by atoms with E-state index in [1.807, 2.05) is 20.8 Å². The number of nitro groups is 1. The molecule has 0 saturated carbocycles. The Morgan fingerprint density at radius 1 is 1.38 bits per heavy atom. The van der Waals surface area contributed by atoms with Crippen LogP contribution in [0.15, 0.2) is 18.2 Å². The highest BCUT2D eigenvalue weighted by molar-refractivity contribution is 5.68. The van der Waals surface area contributed by atoms with Crippen molar-refractivity contribution in [3.05, 3.63) is 40.0 Å². The molecule has 0 saturated heterocycles. The summed E-state index contributed by atoms with van der Waals surface area (Å²) in [5, 5.41) is 28.2. The average Bonchev–Trinajstić information content (AvgIpc) is 2.82. The average molecular weight is 294 g/mol. The van der Waals surface area contributed by atoms with E-state index in [0.717, 1.165) is 12.1 Å². The van der Waals surface area contributed by atoms with Gasteiger partial charge in [-0.2, -0.15) is 0 Å². The molecule has 0 atom stereocenters. The zero-order valence-electron chi connectivity index (χ0n) is 11.9. The van der Waals surface area contributed by atoms with Crippen LogP contribution in [-0.2, 0) is 12.1 Å².